The third-order valence-electron chi connectivity index (χ3n) is 4.38. The monoisotopic (exact) mass is 253 g/mol. The molecule has 2 aliphatic rings. The van der Waals surface area contributed by atoms with Gasteiger partial charge in [0.15, 0.2) is 5.79 Å². The Kier molecular flexibility index (Phi) is 4.82. The van der Waals surface area contributed by atoms with Crippen LogP contribution in [0.3, 0.4) is 0 Å². The van der Waals surface area contributed by atoms with Gasteiger partial charge in [0.2, 0.25) is 0 Å². The van der Waals surface area contributed by atoms with Gasteiger partial charge in [-0.1, -0.05) is 18.6 Å². The summed E-state index contributed by atoms with van der Waals surface area (Å²) in [4.78, 5) is 0. The van der Waals surface area contributed by atoms with E-state index in [-0.39, 0.29) is 5.79 Å². The van der Waals surface area contributed by atoms with Crippen molar-refractivity contribution in [2.45, 2.75) is 45.8 Å². The lowest BCUT2D eigenvalue weighted by Crippen LogP contribution is -2.35. The van der Waals surface area contributed by atoms with E-state index in [1.54, 1.807) is 5.57 Å². The molecular formula is C15H27NO2. The molecule has 0 amide bonds. The van der Waals surface area contributed by atoms with E-state index < -0.39 is 0 Å². The van der Waals surface area contributed by atoms with Crippen LogP contribution in [0.5, 0.6) is 0 Å². The Balaban J connectivity index is 1.68. The Morgan fingerprint density at radius 3 is 2.78 bits per heavy atom. The van der Waals surface area contributed by atoms with Crippen molar-refractivity contribution in [3.8, 4) is 0 Å². The molecule has 3 nitrogen and oxygen atoms in total. The molecule has 1 aliphatic heterocycles. The van der Waals surface area contributed by atoms with E-state index in [1.165, 1.54) is 12.8 Å². The summed E-state index contributed by atoms with van der Waals surface area (Å²) in [6.45, 7) is 10.2. The summed E-state index contributed by atoms with van der Waals surface area (Å²) in [7, 11) is 0. The second-order valence-corrected chi connectivity index (χ2v) is 5.89. The topological polar surface area (TPSA) is 30.5 Å². The minimum absolute atomic E-state index is 0.351. The maximum Gasteiger partial charge on any atom is 0.166 e. The van der Waals surface area contributed by atoms with E-state index in [0.717, 1.165) is 38.6 Å². The van der Waals surface area contributed by atoms with E-state index in [0.29, 0.717) is 5.92 Å². The highest BCUT2D eigenvalue weighted by atomic mass is 16.7. The van der Waals surface area contributed by atoms with Gasteiger partial charge in [-0.05, 0) is 38.5 Å². The first kappa shape index (κ1) is 14.0. The first-order chi connectivity index (χ1) is 8.61. The number of hydrogen-bond donors (Lipinski definition) is 1. The highest BCUT2D eigenvalue weighted by molar-refractivity contribution is 5.09. The van der Waals surface area contributed by atoms with Gasteiger partial charge >= 0.3 is 0 Å². The van der Waals surface area contributed by atoms with Crippen molar-refractivity contribution in [3.05, 3.63) is 11.6 Å². The average Bonchev–Trinajstić information content (AvgIpc) is 2.75. The first-order valence-corrected chi connectivity index (χ1v) is 7.26. The van der Waals surface area contributed by atoms with Gasteiger partial charge in [0.05, 0.1) is 13.2 Å². The van der Waals surface area contributed by atoms with E-state index in [9.17, 15) is 0 Å². The van der Waals surface area contributed by atoms with E-state index >= 15 is 0 Å². The smallest absolute Gasteiger partial charge is 0.166 e. The minimum Gasteiger partial charge on any atom is -0.348 e. The summed E-state index contributed by atoms with van der Waals surface area (Å²) in [5.74, 6) is 1.16. The molecule has 1 heterocycles. The molecule has 104 valence electrons. The summed E-state index contributed by atoms with van der Waals surface area (Å²) in [5, 5.41) is 3.57. The predicted molar refractivity (Wildman–Crippen MR) is 73.4 cm³/mol. The second kappa shape index (κ2) is 6.18. The number of allylic oxidation sites excluding steroid dienone is 1. The molecule has 1 saturated heterocycles. The molecule has 1 N–H and O–H groups in total. The number of ether oxygens (including phenoxy) is 2. The van der Waals surface area contributed by atoms with Crippen molar-refractivity contribution < 1.29 is 9.47 Å². The lowest BCUT2D eigenvalue weighted by Gasteiger charge is -2.29. The third kappa shape index (κ3) is 3.56. The fourth-order valence-electron chi connectivity index (χ4n) is 3.01. The van der Waals surface area contributed by atoms with Gasteiger partial charge in [-0.15, -0.1) is 0 Å². The molecule has 2 rings (SSSR count). The van der Waals surface area contributed by atoms with Crippen molar-refractivity contribution in [1.82, 2.24) is 5.32 Å². The van der Waals surface area contributed by atoms with Crippen LogP contribution >= 0.6 is 0 Å². The van der Waals surface area contributed by atoms with Crippen LogP contribution in [-0.2, 0) is 9.47 Å². The van der Waals surface area contributed by atoms with Gasteiger partial charge in [0.25, 0.3) is 0 Å². The molecule has 0 spiro atoms. The van der Waals surface area contributed by atoms with E-state index in [2.05, 4.69) is 25.2 Å². The van der Waals surface area contributed by atoms with Crippen LogP contribution in [-0.4, -0.2) is 32.1 Å². The second-order valence-electron chi connectivity index (χ2n) is 5.89. The maximum absolute atomic E-state index is 5.60. The van der Waals surface area contributed by atoms with Gasteiger partial charge in [-0.2, -0.15) is 0 Å². The van der Waals surface area contributed by atoms with Crippen molar-refractivity contribution in [2.75, 3.05) is 26.3 Å². The first-order valence-electron chi connectivity index (χ1n) is 7.26. The van der Waals surface area contributed by atoms with Gasteiger partial charge < -0.3 is 14.8 Å². The zero-order chi connectivity index (χ0) is 13.0. The third-order valence-corrected chi connectivity index (χ3v) is 4.38. The Morgan fingerprint density at radius 1 is 1.39 bits per heavy atom. The van der Waals surface area contributed by atoms with Gasteiger partial charge in [-0.25, -0.2) is 0 Å². The minimum atomic E-state index is -0.351. The Morgan fingerprint density at radius 2 is 2.11 bits per heavy atom. The molecule has 0 saturated carbocycles. The molecule has 0 unspecified atom stereocenters. The Labute approximate surface area is 111 Å². The van der Waals surface area contributed by atoms with Crippen LogP contribution in [0.2, 0.25) is 0 Å². The molecule has 0 aromatic carbocycles. The standard InChI is InChI=1S/C15H27NO2/c1-12-5-4-6-13(2)14(12)11-16-8-7-15(3)17-9-10-18-15/h5,13-14,16H,4,6-11H2,1-3H3/t13-,14-/m0/s1. The molecule has 18 heavy (non-hydrogen) atoms. The number of hydrogen-bond acceptors (Lipinski definition) is 3. The highest BCUT2D eigenvalue weighted by Gasteiger charge is 2.30. The van der Waals surface area contributed by atoms with Crippen LogP contribution < -0.4 is 5.32 Å². The zero-order valence-corrected chi connectivity index (χ0v) is 12.0. The molecule has 2 atom stereocenters. The SMILES string of the molecule is CC1=CCC[C@H](C)[C@H]1CNCCC1(C)OCCO1. The normalized spacial score (nSPS) is 31.4. The van der Waals surface area contributed by atoms with Gasteiger partial charge in [-0.3, -0.25) is 0 Å². The average molecular weight is 253 g/mol. The molecule has 1 fully saturated rings. The van der Waals surface area contributed by atoms with Crippen molar-refractivity contribution in [3.63, 3.8) is 0 Å². The molecule has 3 heteroatoms. The highest BCUT2D eigenvalue weighted by Crippen LogP contribution is 2.29. The zero-order valence-electron chi connectivity index (χ0n) is 12.0. The van der Waals surface area contributed by atoms with E-state index in [1.807, 2.05) is 6.92 Å². The van der Waals surface area contributed by atoms with Crippen LogP contribution in [0.4, 0.5) is 0 Å². The fraction of sp³-hybridized carbons (Fsp3) is 0.867. The van der Waals surface area contributed by atoms with Crippen LogP contribution in [0, 0.1) is 11.8 Å². The Hall–Kier alpha value is -0.380. The van der Waals surface area contributed by atoms with Crippen LogP contribution in [0.25, 0.3) is 0 Å². The van der Waals surface area contributed by atoms with Crippen LogP contribution in [0.15, 0.2) is 11.6 Å². The van der Waals surface area contributed by atoms with Crippen molar-refractivity contribution in [2.24, 2.45) is 11.8 Å². The molecule has 0 radical (unpaired) electrons. The molecule has 0 aromatic rings. The predicted octanol–water partition coefficient (Wildman–Crippen LogP) is 2.72. The summed E-state index contributed by atoms with van der Waals surface area (Å²) < 4.78 is 11.2. The van der Waals surface area contributed by atoms with Crippen molar-refractivity contribution >= 4 is 0 Å². The summed E-state index contributed by atoms with van der Waals surface area (Å²) in [6, 6.07) is 0. The van der Waals surface area contributed by atoms with Gasteiger partial charge in [0.1, 0.15) is 0 Å². The lowest BCUT2D eigenvalue weighted by molar-refractivity contribution is -0.145. The quantitative estimate of drug-likeness (QED) is 0.603. The Bertz CT molecular complexity index is 295. The largest absolute Gasteiger partial charge is 0.348 e. The lowest BCUT2D eigenvalue weighted by atomic mass is 9.80. The fourth-order valence-corrected chi connectivity index (χ4v) is 3.01. The number of nitrogens with one attached hydrogen (secondary N) is 1. The number of rotatable bonds is 5. The summed E-state index contributed by atoms with van der Waals surface area (Å²) >= 11 is 0. The van der Waals surface area contributed by atoms with E-state index in [4.69, 9.17) is 9.47 Å². The van der Waals surface area contributed by atoms with Crippen molar-refractivity contribution in [1.29, 1.82) is 0 Å². The van der Waals surface area contributed by atoms with Gasteiger partial charge in [0, 0.05) is 19.5 Å². The summed E-state index contributed by atoms with van der Waals surface area (Å²) in [6.07, 6.45) is 5.91. The molecule has 0 bridgehead atoms. The summed E-state index contributed by atoms with van der Waals surface area (Å²) in [5.41, 5.74) is 1.56. The molecule has 0 aromatic heterocycles. The maximum atomic E-state index is 5.60. The molecular weight excluding hydrogens is 226 g/mol. The molecule has 1 aliphatic carbocycles. The van der Waals surface area contributed by atoms with Crippen LogP contribution in [0.1, 0.15) is 40.0 Å².